The van der Waals surface area contributed by atoms with Crippen LogP contribution in [0.5, 0.6) is 0 Å². The zero-order valence-electron chi connectivity index (χ0n) is 23.4. The molecular weight excluding hydrogens is 512 g/mol. The van der Waals surface area contributed by atoms with Gasteiger partial charge in [0, 0.05) is 17.4 Å². The lowest BCUT2D eigenvalue weighted by atomic mass is 9.83. The Bertz CT molecular complexity index is 1630. The van der Waals surface area contributed by atoms with E-state index in [1.54, 1.807) is 0 Å². The molecule has 1 saturated heterocycles. The first-order valence-electron chi connectivity index (χ1n) is 14.8. The van der Waals surface area contributed by atoms with Gasteiger partial charge in [-0.1, -0.05) is 127 Å². The summed E-state index contributed by atoms with van der Waals surface area (Å²) in [6.45, 7) is 0. The van der Waals surface area contributed by atoms with Crippen LogP contribution >= 0.6 is 0 Å². The zero-order valence-corrected chi connectivity index (χ0v) is 23.4. The highest BCUT2D eigenvalue weighted by molar-refractivity contribution is 5.60. The zero-order chi connectivity index (χ0) is 28.3. The molecule has 4 heteroatoms. The molecule has 0 amide bonds. The van der Waals surface area contributed by atoms with Gasteiger partial charge in [-0.25, -0.2) is 0 Å². The molecule has 3 aliphatic rings. The number of hydrogen-bond acceptors (Lipinski definition) is 4. The van der Waals surface area contributed by atoms with Crippen molar-refractivity contribution in [3.8, 4) is 6.07 Å². The third-order valence-electron chi connectivity index (χ3n) is 8.73. The molecule has 42 heavy (non-hydrogen) atoms. The maximum absolute atomic E-state index is 9.31. The van der Waals surface area contributed by atoms with Gasteiger partial charge in [-0.15, -0.1) is 0 Å². The molecule has 4 aromatic carbocycles. The second-order valence-corrected chi connectivity index (χ2v) is 11.4. The van der Waals surface area contributed by atoms with Crippen molar-refractivity contribution in [3.63, 3.8) is 0 Å². The van der Waals surface area contributed by atoms with Gasteiger partial charge < -0.3 is 0 Å². The minimum absolute atomic E-state index is 0.00787. The van der Waals surface area contributed by atoms with Crippen LogP contribution in [-0.4, -0.2) is 0 Å². The minimum atomic E-state index is -0.00787. The lowest BCUT2D eigenvalue weighted by Gasteiger charge is -2.40. The van der Waals surface area contributed by atoms with Crippen LogP contribution in [0.1, 0.15) is 75.7 Å². The number of nitrogens with one attached hydrogen (secondary N) is 3. The summed E-state index contributed by atoms with van der Waals surface area (Å²) in [6.07, 6.45) is 12.5. The summed E-state index contributed by atoms with van der Waals surface area (Å²) < 4.78 is 0. The van der Waals surface area contributed by atoms with Crippen LogP contribution in [0.4, 0.5) is 0 Å². The second-order valence-electron chi connectivity index (χ2n) is 11.4. The molecule has 1 heterocycles. The number of allylic oxidation sites excluding steroid dienone is 5. The quantitative estimate of drug-likeness (QED) is 0.240. The number of fused-ring (bicyclic) bond motifs is 1. The number of rotatable bonds is 5. The Hall–Kier alpha value is -4.53. The fraction of sp³-hybridized carbons (Fsp3) is 0.184. The molecule has 0 spiro atoms. The Labute approximate surface area is 248 Å². The third kappa shape index (κ3) is 5.51. The smallest absolute Gasteiger partial charge is 0.0947 e. The molecular formula is C38H34N4. The van der Waals surface area contributed by atoms with Gasteiger partial charge >= 0.3 is 0 Å². The van der Waals surface area contributed by atoms with E-state index in [2.05, 4.69) is 143 Å². The van der Waals surface area contributed by atoms with Crippen molar-refractivity contribution in [2.24, 2.45) is 0 Å². The summed E-state index contributed by atoms with van der Waals surface area (Å²) in [7, 11) is 0. The van der Waals surface area contributed by atoms with Crippen molar-refractivity contribution >= 4 is 6.08 Å². The van der Waals surface area contributed by atoms with E-state index in [4.69, 9.17) is 0 Å². The van der Waals surface area contributed by atoms with E-state index in [0.717, 1.165) is 18.4 Å². The van der Waals surface area contributed by atoms with Crippen LogP contribution in [0, 0.1) is 11.3 Å². The topological polar surface area (TPSA) is 59.9 Å². The van der Waals surface area contributed by atoms with Gasteiger partial charge in [0.25, 0.3) is 0 Å². The molecule has 1 aliphatic heterocycles. The lowest BCUT2D eigenvalue weighted by Crippen LogP contribution is -2.54. The molecule has 4 nitrogen and oxygen atoms in total. The van der Waals surface area contributed by atoms with Gasteiger partial charge in [-0.2, -0.15) is 5.26 Å². The average molecular weight is 547 g/mol. The van der Waals surface area contributed by atoms with E-state index in [0.29, 0.717) is 5.92 Å². The average Bonchev–Trinajstić information content (AvgIpc) is 3.08. The van der Waals surface area contributed by atoms with Gasteiger partial charge in [0.2, 0.25) is 0 Å². The Kier molecular flexibility index (Phi) is 7.38. The van der Waals surface area contributed by atoms with Crippen LogP contribution in [0.15, 0.2) is 133 Å². The molecule has 7 rings (SSSR count). The van der Waals surface area contributed by atoms with Gasteiger partial charge in [-0.05, 0) is 57.9 Å². The molecule has 0 radical (unpaired) electrons. The summed E-state index contributed by atoms with van der Waals surface area (Å²) in [5.41, 5.74) is 9.79. The molecule has 2 aliphatic carbocycles. The summed E-state index contributed by atoms with van der Waals surface area (Å²) in [5.74, 6) is 0.606. The summed E-state index contributed by atoms with van der Waals surface area (Å²) in [5, 5.41) is 20.7. The number of nitrogens with zero attached hydrogens (tertiary/aromatic N) is 1. The predicted molar refractivity (Wildman–Crippen MR) is 169 cm³/mol. The van der Waals surface area contributed by atoms with Crippen LogP contribution < -0.4 is 16.0 Å². The maximum atomic E-state index is 9.31. The summed E-state index contributed by atoms with van der Waals surface area (Å²) in [6, 6.07) is 39.4. The minimum Gasteiger partial charge on any atom is -0.279 e. The van der Waals surface area contributed by atoms with Crippen molar-refractivity contribution in [3.05, 3.63) is 172 Å². The van der Waals surface area contributed by atoms with Gasteiger partial charge in [0.15, 0.2) is 0 Å². The van der Waals surface area contributed by atoms with E-state index in [9.17, 15) is 5.26 Å². The molecule has 4 atom stereocenters. The maximum Gasteiger partial charge on any atom is 0.0947 e. The Morgan fingerprint density at radius 1 is 0.571 bits per heavy atom. The number of hydrogen-bond donors (Lipinski definition) is 3. The largest absolute Gasteiger partial charge is 0.279 e. The van der Waals surface area contributed by atoms with E-state index in [-0.39, 0.29) is 24.4 Å². The predicted octanol–water partition coefficient (Wildman–Crippen LogP) is 7.71. The van der Waals surface area contributed by atoms with E-state index >= 15 is 0 Å². The summed E-state index contributed by atoms with van der Waals surface area (Å²) in [4.78, 5) is 0. The van der Waals surface area contributed by atoms with Gasteiger partial charge in [-0.3, -0.25) is 16.0 Å². The first-order chi connectivity index (χ1) is 20.7. The lowest BCUT2D eigenvalue weighted by molar-refractivity contribution is 0.203. The molecule has 4 unspecified atom stereocenters. The van der Waals surface area contributed by atoms with Crippen LogP contribution in [-0.2, 0) is 6.42 Å². The van der Waals surface area contributed by atoms with Crippen molar-refractivity contribution in [1.29, 1.82) is 5.26 Å². The van der Waals surface area contributed by atoms with Crippen LogP contribution in [0.3, 0.4) is 0 Å². The SMILES string of the molecule is N#CC1=CC=CC(c2ccc(C3C=Cc4ccc(C5NC(c6ccccc6)NC(c6ccccc6)N5)cc4C3)cc2)C1. The van der Waals surface area contributed by atoms with Crippen molar-refractivity contribution < 1.29 is 0 Å². The first-order valence-corrected chi connectivity index (χ1v) is 14.8. The molecule has 3 N–H and O–H groups in total. The molecule has 206 valence electrons. The van der Waals surface area contributed by atoms with Crippen molar-refractivity contribution in [2.75, 3.05) is 0 Å². The summed E-state index contributed by atoms with van der Waals surface area (Å²) >= 11 is 0. The highest BCUT2D eigenvalue weighted by atomic mass is 15.4. The Morgan fingerprint density at radius 3 is 1.71 bits per heavy atom. The molecule has 0 aromatic heterocycles. The molecule has 0 bridgehead atoms. The normalized spacial score (nSPS) is 24.8. The standard InChI is InChI=1S/C38H34N4/c39-25-26-8-7-13-32(22-26)27-14-16-28(17-15-27)33-20-18-29-19-21-34(24-35(29)23-33)38-41-36(30-9-3-1-4-10-30)40-37(42-38)31-11-5-2-6-12-31/h1-21,24,32-33,36-38,40-42H,22-23H2. The number of nitriles is 1. The van der Waals surface area contributed by atoms with Crippen LogP contribution in [0.25, 0.3) is 6.08 Å². The van der Waals surface area contributed by atoms with Crippen molar-refractivity contribution in [2.45, 2.75) is 43.2 Å². The third-order valence-corrected chi connectivity index (χ3v) is 8.73. The van der Waals surface area contributed by atoms with E-state index < -0.39 is 0 Å². The highest BCUT2D eigenvalue weighted by Gasteiger charge is 2.30. The highest BCUT2D eigenvalue weighted by Crippen LogP contribution is 2.35. The van der Waals surface area contributed by atoms with E-state index in [1.165, 1.54) is 38.9 Å². The van der Waals surface area contributed by atoms with Crippen LogP contribution in [0.2, 0.25) is 0 Å². The van der Waals surface area contributed by atoms with Gasteiger partial charge in [0.1, 0.15) is 0 Å². The van der Waals surface area contributed by atoms with Crippen molar-refractivity contribution in [1.82, 2.24) is 16.0 Å². The molecule has 0 saturated carbocycles. The molecule has 4 aromatic rings. The Morgan fingerprint density at radius 2 is 1.12 bits per heavy atom. The fourth-order valence-electron chi connectivity index (χ4n) is 6.39. The monoisotopic (exact) mass is 546 g/mol. The van der Waals surface area contributed by atoms with Gasteiger partial charge in [0.05, 0.1) is 24.6 Å². The fourth-order valence-corrected chi connectivity index (χ4v) is 6.39. The second kappa shape index (κ2) is 11.8. The van der Waals surface area contributed by atoms with E-state index in [1.807, 2.05) is 12.2 Å². The Balaban J connectivity index is 1.11. The number of benzene rings is 4. The molecule has 1 fully saturated rings. The first kappa shape index (κ1) is 26.4.